The molecule has 3 nitrogen and oxygen atoms in total. The second-order valence-corrected chi connectivity index (χ2v) is 6.09. The van der Waals surface area contributed by atoms with Gasteiger partial charge < -0.3 is 5.11 Å². The maximum atomic E-state index is 11.3. The van der Waals surface area contributed by atoms with Crippen LogP contribution in [0.1, 0.15) is 43.5 Å². The number of hydrogen-bond acceptors (Lipinski definition) is 3. The highest BCUT2D eigenvalue weighted by atomic mass is 32.1. The molecule has 96 valence electrons. The van der Waals surface area contributed by atoms with Gasteiger partial charge in [0.1, 0.15) is 5.54 Å². The van der Waals surface area contributed by atoms with Crippen molar-refractivity contribution in [3.63, 3.8) is 0 Å². The van der Waals surface area contributed by atoms with E-state index in [9.17, 15) is 9.90 Å². The summed E-state index contributed by atoms with van der Waals surface area (Å²) in [6.07, 6.45) is 0. The fraction of sp³-hybridized carbons (Fsp3) is 0.615. The SMILES string of the molecule is CCN(C(C)c1ccc(C)s1)C(C)(C)C(=O)O. The lowest BCUT2D eigenvalue weighted by Gasteiger charge is -2.38. The first-order valence-electron chi connectivity index (χ1n) is 5.87. The number of nitrogens with zero attached hydrogens (tertiary/aromatic N) is 1. The van der Waals surface area contributed by atoms with Crippen LogP contribution in [-0.4, -0.2) is 28.1 Å². The number of rotatable bonds is 5. The quantitative estimate of drug-likeness (QED) is 0.877. The summed E-state index contributed by atoms with van der Waals surface area (Å²) in [5.41, 5.74) is -0.841. The van der Waals surface area contributed by atoms with Gasteiger partial charge in [0.2, 0.25) is 0 Å². The number of carboxylic acid groups (broad SMARTS) is 1. The Bertz CT molecular complexity index is 398. The van der Waals surface area contributed by atoms with Crippen molar-refractivity contribution in [3.05, 3.63) is 21.9 Å². The van der Waals surface area contributed by atoms with Crippen molar-refractivity contribution in [3.8, 4) is 0 Å². The Morgan fingerprint density at radius 2 is 2.12 bits per heavy atom. The van der Waals surface area contributed by atoms with E-state index in [4.69, 9.17) is 0 Å². The summed E-state index contributed by atoms with van der Waals surface area (Å²) < 4.78 is 0. The molecule has 0 fully saturated rings. The smallest absolute Gasteiger partial charge is 0.323 e. The molecule has 1 N–H and O–H groups in total. The topological polar surface area (TPSA) is 40.5 Å². The van der Waals surface area contributed by atoms with Gasteiger partial charge in [0.05, 0.1) is 0 Å². The molecule has 17 heavy (non-hydrogen) atoms. The van der Waals surface area contributed by atoms with E-state index >= 15 is 0 Å². The van der Waals surface area contributed by atoms with Gasteiger partial charge in [-0.25, -0.2) is 0 Å². The van der Waals surface area contributed by atoms with Crippen LogP contribution >= 0.6 is 11.3 Å². The van der Waals surface area contributed by atoms with Gasteiger partial charge in [0.15, 0.2) is 0 Å². The summed E-state index contributed by atoms with van der Waals surface area (Å²) in [7, 11) is 0. The first kappa shape index (κ1) is 14.2. The van der Waals surface area contributed by atoms with E-state index in [1.165, 1.54) is 9.75 Å². The van der Waals surface area contributed by atoms with Gasteiger partial charge in [0, 0.05) is 15.8 Å². The molecule has 0 radical (unpaired) electrons. The Hall–Kier alpha value is -0.870. The van der Waals surface area contributed by atoms with Crippen molar-refractivity contribution in [1.29, 1.82) is 0 Å². The van der Waals surface area contributed by atoms with E-state index in [0.717, 1.165) is 6.54 Å². The number of aliphatic carboxylic acids is 1. The van der Waals surface area contributed by atoms with Crippen molar-refractivity contribution in [1.82, 2.24) is 4.90 Å². The van der Waals surface area contributed by atoms with Crippen LogP contribution in [0, 0.1) is 6.92 Å². The summed E-state index contributed by atoms with van der Waals surface area (Å²) in [6, 6.07) is 4.30. The minimum absolute atomic E-state index is 0.129. The zero-order chi connectivity index (χ0) is 13.2. The number of carbonyl (C=O) groups is 1. The molecule has 1 unspecified atom stereocenters. The molecule has 1 heterocycles. The predicted molar refractivity (Wildman–Crippen MR) is 71.6 cm³/mol. The van der Waals surface area contributed by atoms with Crippen LogP contribution in [0.4, 0.5) is 0 Å². The highest BCUT2D eigenvalue weighted by molar-refractivity contribution is 7.12. The Kier molecular flexibility index (Phi) is 4.33. The first-order valence-corrected chi connectivity index (χ1v) is 6.68. The fourth-order valence-corrected chi connectivity index (χ4v) is 3.05. The number of hydrogen-bond donors (Lipinski definition) is 1. The standard InChI is InChI=1S/C13H21NO2S/c1-6-14(13(4,5)12(15)16)10(3)11-8-7-9(2)17-11/h7-8,10H,6H2,1-5H3,(H,15,16). The molecule has 0 saturated carbocycles. The minimum Gasteiger partial charge on any atom is -0.480 e. The molecule has 0 aliphatic heterocycles. The average molecular weight is 255 g/mol. The number of carboxylic acids is 1. The summed E-state index contributed by atoms with van der Waals surface area (Å²) in [6.45, 7) is 10.4. The van der Waals surface area contributed by atoms with E-state index in [2.05, 4.69) is 26.0 Å². The van der Waals surface area contributed by atoms with Crippen LogP contribution in [0.15, 0.2) is 12.1 Å². The van der Waals surface area contributed by atoms with Crippen molar-refractivity contribution >= 4 is 17.3 Å². The lowest BCUT2D eigenvalue weighted by Crippen LogP contribution is -2.50. The van der Waals surface area contributed by atoms with Crippen molar-refractivity contribution in [2.75, 3.05) is 6.54 Å². The van der Waals surface area contributed by atoms with Crippen molar-refractivity contribution < 1.29 is 9.90 Å². The lowest BCUT2D eigenvalue weighted by molar-refractivity contribution is -0.150. The normalized spacial score (nSPS) is 14.0. The average Bonchev–Trinajstić information content (AvgIpc) is 2.65. The van der Waals surface area contributed by atoms with E-state index in [1.54, 1.807) is 25.2 Å². The van der Waals surface area contributed by atoms with Crippen LogP contribution in [0.2, 0.25) is 0 Å². The maximum absolute atomic E-state index is 11.3. The van der Waals surface area contributed by atoms with E-state index in [1.807, 2.05) is 11.8 Å². The van der Waals surface area contributed by atoms with E-state index in [0.29, 0.717) is 0 Å². The molecule has 0 aliphatic rings. The summed E-state index contributed by atoms with van der Waals surface area (Å²) in [4.78, 5) is 15.8. The van der Waals surface area contributed by atoms with Gasteiger partial charge in [-0.2, -0.15) is 0 Å². The van der Waals surface area contributed by atoms with Gasteiger partial charge >= 0.3 is 5.97 Å². The Labute approximate surface area is 107 Å². The Morgan fingerprint density at radius 1 is 1.53 bits per heavy atom. The third-order valence-corrected chi connectivity index (χ3v) is 4.39. The molecule has 4 heteroatoms. The molecule has 0 aliphatic carbocycles. The number of likely N-dealkylation sites (N-methyl/N-ethyl adjacent to an activating group) is 1. The number of aryl methyl sites for hydroxylation is 1. The summed E-state index contributed by atoms with van der Waals surface area (Å²) in [5.74, 6) is -0.778. The van der Waals surface area contributed by atoms with Crippen LogP contribution in [0.3, 0.4) is 0 Å². The van der Waals surface area contributed by atoms with Gasteiger partial charge in [-0.1, -0.05) is 6.92 Å². The second kappa shape index (κ2) is 5.19. The highest BCUT2D eigenvalue weighted by Gasteiger charge is 2.37. The molecule has 0 aromatic carbocycles. The third kappa shape index (κ3) is 2.87. The van der Waals surface area contributed by atoms with Gasteiger partial charge in [0.25, 0.3) is 0 Å². The molecule has 0 amide bonds. The summed E-state index contributed by atoms with van der Waals surface area (Å²) >= 11 is 1.73. The van der Waals surface area contributed by atoms with Gasteiger partial charge in [-0.3, -0.25) is 9.69 Å². The third-order valence-electron chi connectivity index (χ3n) is 3.22. The lowest BCUT2D eigenvalue weighted by atomic mass is 10.00. The molecule has 0 spiro atoms. The molecule has 0 bridgehead atoms. The second-order valence-electron chi connectivity index (χ2n) is 4.77. The monoisotopic (exact) mass is 255 g/mol. The molecule has 1 rings (SSSR count). The molecule has 1 aromatic rings. The van der Waals surface area contributed by atoms with Gasteiger partial charge in [-0.15, -0.1) is 11.3 Å². The molecular formula is C13H21NO2S. The fourth-order valence-electron chi connectivity index (χ4n) is 2.11. The zero-order valence-electron chi connectivity index (χ0n) is 11.2. The van der Waals surface area contributed by atoms with Crippen LogP contribution in [0.25, 0.3) is 0 Å². The first-order chi connectivity index (χ1) is 7.80. The van der Waals surface area contributed by atoms with Crippen LogP contribution in [0.5, 0.6) is 0 Å². The molecule has 1 aromatic heterocycles. The number of thiophene rings is 1. The predicted octanol–water partition coefficient (Wildman–Crippen LogP) is 3.30. The minimum atomic E-state index is -0.841. The highest BCUT2D eigenvalue weighted by Crippen LogP contribution is 2.32. The van der Waals surface area contributed by atoms with Crippen LogP contribution in [-0.2, 0) is 4.79 Å². The largest absolute Gasteiger partial charge is 0.480 e. The van der Waals surface area contributed by atoms with E-state index < -0.39 is 11.5 Å². The van der Waals surface area contributed by atoms with E-state index in [-0.39, 0.29) is 6.04 Å². The molecule has 1 atom stereocenters. The zero-order valence-corrected chi connectivity index (χ0v) is 12.0. The van der Waals surface area contributed by atoms with Gasteiger partial charge in [-0.05, 0) is 46.4 Å². The van der Waals surface area contributed by atoms with Crippen LogP contribution < -0.4 is 0 Å². The van der Waals surface area contributed by atoms with Crippen molar-refractivity contribution in [2.24, 2.45) is 0 Å². The Balaban J connectivity index is 2.99. The summed E-state index contributed by atoms with van der Waals surface area (Å²) in [5, 5.41) is 9.31. The molecular weight excluding hydrogens is 234 g/mol. The maximum Gasteiger partial charge on any atom is 0.323 e. The molecule has 0 saturated heterocycles. The Morgan fingerprint density at radius 3 is 2.47 bits per heavy atom. The van der Waals surface area contributed by atoms with Crippen molar-refractivity contribution in [2.45, 2.75) is 46.2 Å².